The summed E-state index contributed by atoms with van der Waals surface area (Å²) in [6, 6.07) is 1.87. The number of carbonyl (C=O) groups excluding carboxylic acids is 1. The number of hydrogen-bond donors (Lipinski definition) is 1. The van der Waals surface area contributed by atoms with Gasteiger partial charge in [0.2, 0.25) is 5.91 Å². The molecule has 0 radical (unpaired) electrons. The predicted molar refractivity (Wildman–Crippen MR) is 50.4 cm³/mol. The van der Waals surface area contributed by atoms with Gasteiger partial charge in [-0.1, -0.05) is 6.92 Å². The van der Waals surface area contributed by atoms with Gasteiger partial charge in [0.25, 0.3) is 0 Å². The van der Waals surface area contributed by atoms with Crippen molar-refractivity contribution in [3.8, 4) is 0 Å². The van der Waals surface area contributed by atoms with E-state index in [0.29, 0.717) is 6.42 Å². The van der Waals surface area contributed by atoms with Gasteiger partial charge in [-0.05, 0) is 30.9 Å². The molecule has 0 bridgehead atoms. The molecule has 0 spiro atoms. The maximum atomic E-state index is 11.1. The first-order valence-electron chi connectivity index (χ1n) is 3.95. The summed E-state index contributed by atoms with van der Waals surface area (Å²) in [5.41, 5.74) is 0.951. The molecule has 0 fully saturated rings. The molecule has 0 unspecified atom stereocenters. The van der Waals surface area contributed by atoms with Gasteiger partial charge in [0.15, 0.2) is 0 Å². The molecule has 66 valence electrons. The minimum Gasteiger partial charge on any atom is -0.316 e. The van der Waals surface area contributed by atoms with Crippen LogP contribution in [0.25, 0.3) is 0 Å². The predicted octanol–water partition coefficient (Wildman–Crippen LogP) is 2.19. The van der Waals surface area contributed by atoms with Crippen LogP contribution in [0.4, 0.5) is 5.00 Å². The van der Waals surface area contributed by atoms with Crippen molar-refractivity contribution in [2.75, 3.05) is 5.32 Å². The van der Waals surface area contributed by atoms with E-state index < -0.39 is 0 Å². The van der Waals surface area contributed by atoms with Crippen molar-refractivity contribution < 1.29 is 4.79 Å². The number of aryl methyl sites for hydroxylation is 1. The Morgan fingerprint density at radius 2 is 2.50 bits per heavy atom. The average Bonchev–Trinajstić information content (AvgIpc) is 2.36. The molecule has 1 rings (SSSR count). The maximum Gasteiger partial charge on any atom is 0.225 e. The number of carbonyl (C=O) groups is 1. The van der Waals surface area contributed by atoms with Gasteiger partial charge in [0.05, 0.1) is 5.69 Å². The van der Waals surface area contributed by atoms with Crippen molar-refractivity contribution >= 4 is 22.4 Å². The summed E-state index contributed by atoms with van der Waals surface area (Å²) in [4.78, 5) is 11.1. The topological polar surface area (TPSA) is 42.0 Å². The fraction of sp³-hybridized carbons (Fsp3) is 0.500. The lowest BCUT2D eigenvalue weighted by Crippen LogP contribution is -2.09. The van der Waals surface area contributed by atoms with Crippen molar-refractivity contribution in [3.05, 3.63) is 11.8 Å². The molecule has 0 saturated carbocycles. The van der Waals surface area contributed by atoms with Gasteiger partial charge >= 0.3 is 0 Å². The van der Waals surface area contributed by atoms with Gasteiger partial charge in [0, 0.05) is 6.42 Å². The fourth-order valence-electron chi connectivity index (χ4n) is 0.849. The highest BCUT2D eigenvalue weighted by Gasteiger charge is 2.02. The Kier molecular flexibility index (Phi) is 3.22. The minimum atomic E-state index is 0.0705. The molecule has 1 N–H and O–H groups in total. The van der Waals surface area contributed by atoms with Gasteiger partial charge in [-0.2, -0.15) is 4.37 Å². The number of aromatic nitrogens is 1. The third kappa shape index (κ3) is 2.62. The molecule has 3 nitrogen and oxygen atoms in total. The molecule has 0 aliphatic heterocycles. The summed E-state index contributed by atoms with van der Waals surface area (Å²) in [5.74, 6) is 0.0705. The molecule has 1 heterocycles. The van der Waals surface area contributed by atoms with Crippen LogP contribution in [0.3, 0.4) is 0 Å². The zero-order valence-corrected chi connectivity index (χ0v) is 8.07. The fourth-order valence-corrected chi connectivity index (χ4v) is 1.53. The van der Waals surface area contributed by atoms with Crippen molar-refractivity contribution in [1.82, 2.24) is 4.37 Å². The molecule has 12 heavy (non-hydrogen) atoms. The van der Waals surface area contributed by atoms with Crippen LogP contribution >= 0.6 is 11.5 Å². The smallest absolute Gasteiger partial charge is 0.225 e. The molecule has 0 aliphatic rings. The van der Waals surface area contributed by atoms with Gasteiger partial charge in [-0.25, -0.2) is 0 Å². The number of nitrogens with one attached hydrogen (secondary N) is 1. The number of rotatable bonds is 3. The summed E-state index contributed by atoms with van der Waals surface area (Å²) in [6.07, 6.45) is 1.46. The highest BCUT2D eigenvalue weighted by Crippen LogP contribution is 2.15. The lowest BCUT2D eigenvalue weighted by Gasteiger charge is -1.97. The monoisotopic (exact) mass is 184 g/mol. The van der Waals surface area contributed by atoms with Crippen molar-refractivity contribution in [3.63, 3.8) is 0 Å². The van der Waals surface area contributed by atoms with E-state index in [1.807, 2.05) is 19.9 Å². The molecule has 0 atom stereocenters. The van der Waals surface area contributed by atoms with E-state index in [4.69, 9.17) is 0 Å². The Bertz CT molecular complexity index is 270. The molecular weight excluding hydrogens is 172 g/mol. The van der Waals surface area contributed by atoms with E-state index in [1.54, 1.807) is 0 Å². The van der Waals surface area contributed by atoms with E-state index in [9.17, 15) is 4.79 Å². The van der Waals surface area contributed by atoms with Crippen LogP contribution in [0.5, 0.6) is 0 Å². The molecule has 1 aromatic rings. The third-order valence-electron chi connectivity index (χ3n) is 1.37. The number of amides is 1. The molecule has 0 saturated heterocycles. The second-order valence-corrected chi connectivity index (χ2v) is 3.44. The summed E-state index contributed by atoms with van der Waals surface area (Å²) >= 11 is 1.32. The van der Waals surface area contributed by atoms with Crippen molar-refractivity contribution in [1.29, 1.82) is 0 Å². The standard InChI is InChI=1S/C8H12N2OS/c1-3-4-7(11)9-8-5-6(2)10-12-8/h5H,3-4H2,1-2H3,(H,9,11). The van der Waals surface area contributed by atoms with E-state index in [-0.39, 0.29) is 5.91 Å². The van der Waals surface area contributed by atoms with E-state index in [1.165, 1.54) is 11.5 Å². The summed E-state index contributed by atoms with van der Waals surface area (Å²) in [5, 5.41) is 3.62. The average molecular weight is 184 g/mol. The minimum absolute atomic E-state index is 0.0705. The lowest BCUT2D eigenvalue weighted by atomic mass is 10.3. The Morgan fingerprint density at radius 3 is 3.00 bits per heavy atom. The Hall–Kier alpha value is -0.900. The molecule has 4 heteroatoms. The van der Waals surface area contributed by atoms with Crippen LogP contribution in [0, 0.1) is 6.92 Å². The van der Waals surface area contributed by atoms with Crippen LogP contribution in [0.1, 0.15) is 25.5 Å². The van der Waals surface area contributed by atoms with Crippen LogP contribution in [0.15, 0.2) is 6.07 Å². The zero-order valence-electron chi connectivity index (χ0n) is 7.26. The Morgan fingerprint density at radius 1 is 1.75 bits per heavy atom. The normalized spacial score (nSPS) is 9.83. The van der Waals surface area contributed by atoms with E-state index >= 15 is 0 Å². The number of hydrogen-bond acceptors (Lipinski definition) is 3. The van der Waals surface area contributed by atoms with Gasteiger partial charge < -0.3 is 5.32 Å². The number of nitrogens with zero attached hydrogens (tertiary/aromatic N) is 1. The third-order valence-corrected chi connectivity index (χ3v) is 2.16. The molecule has 1 amide bonds. The summed E-state index contributed by atoms with van der Waals surface area (Å²) in [7, 11) is 0. The van der Waals surface area contributed by atoms with Crippen LogP contribution in [-0.4, -0.2) is 10.3 Å². The van der Waals surface area contributed by atoms with Gasteiger partial charge in [-0.15, -0.1) is 0 Å². The molecule has 0 aliphatic carbocycles. The summed E-state index contributed by atoms with van der Waals surface area (Å²) in [6.45, 7) is 3.89. The second-order valence-electron chi connectivity index (χ2n) is 2.63. The first-order valence-corrected chi connectivity index (χ1v) is 4.73. The highest BCUT2D eigenvalue weighted by molar-refractivity contribution is 7.10. The van der Waals surface area contributed by atoms with Crippen molar-refractivity contribution in [2.45, 2.75) is 26.7 Å². The largest absolute Gasteiger partial charge is 0.316 e. The quantitative estimate of drug-likeness (QED) is 0.782. The molecule has 0 aromatic carbocycles. The van der Waals surface area contributed by atoms with E-state index in [0.717, 1.165) is 17.1 Å². The molecule has 1 aromatic heterocycles. The van der Waals surface area contributed by atoms with E-state index in [2.05, 4.69) is 9.69 Å². The van der Waals surface area contributed by atoms with Gasteiger partial charge in [-0.3, -0.25) is 4.79 Å². The Balaban J connectivity index is 2.46. The van der Waals surface area contributed by atoms with Crippen LogP contribution in [0.2, 0.25) is 0 Å². The van der Waals surface area contributed by atoms with Crippen LogP contribution < -0.4 is 5.32 Å². The first kappa shape index (κ1) is 9.19. The van der Waals surface area contributed by atoms with Gasteiger partial charge in [0.1, 0.15) is 5.00 Å². The Labute approximate surface area is 76.0 Å². The van der Waals surface area contributed by atoms with Crippen molar-refractivity contribution in [2.24, 2.45) is 0 Å². The second kappa shape index (κ2) is 4.21. The maximum absolute atomic E-state index is 11.1. The highest BCUT2D eigenvalue weighted by atomic mass is 32.1. The zero-order chi connectivity index (χ0) is 8.97. The SMILES string of the molecule is CCCC(=O)Nc1cc(C)ns1. The lowest BCUT2D eigenvalue weighted by molar-refractivity contribution is -0.116. The summed E-state index contributed by atoms with van der Waals surface area (Å²) < 4.78 is 4.06. The number of anilines is 1. The van der Waals surface area contributed by atoms with Crippen LogP contribution in [-0.2, 0) is 4.79 Å². The first-order chi connectivity index (χ1) is 5.72. The molecular formula is C8H12N2OS.